The van der Waals surface area contributed by atoms with Gasteiger partial charge >= 0.3 is 0 Å². The van der Waals surface area contributed by atoms with Crippen LogP contribution < -0.4 is 10.6 Å². The first-order valence-electron chi connectivity index (χ1n) is 9.23. The standard InChI is InChI=1S/C21H23N5O2S/c1-4-22-19-16-10-5-6-11-17(16)24-21(25-19)29-13-18(27)23-15-9-7-8-14(12-15)20(28)26(2)3/h5-12H,4,13H2,1-3H3,(H,23,27)(H,22,24,25). The number of fused-ring (bicyclic) bond motifs is 1. The van der Waals surface area contributed by atoms with Crippen molar-refractivity contribution < 1.29 is 9.59 Å². The molecule has 0 atom stereocenters. The number of amides is 2. The summed E-state index contributed by atoms with van der Waals surface area (Å²) in [5, 5.41) is 7.55. The number of aromatic nitrogens is 2. The van der Waals surface area contributed by atoms with Gasteiger partial charge in [-0.25, -0.2) is 9.97 Å². The molecule has 8 heteroatoms. The molecule has 2 N–H and O–H groups in total. The van der Waals surface area contributed by atoms with Crippen LogP contribution in [-0.4, -0.2) is 53.1 Å². The predicted molar refractivity (Wildman–Crippen MR) is 118 cm³/mol. The molecule has 0 aliphatic carbocycles. The number of nitrogens with one attached hydrogen (secondary N) is 2. The smallest absolute Gasteiger partial charge is 0.253 e. The summed E-state index contributed by atoms with van der Waals surface area (Å²) in [5.41, 5.74) is 1.93. The fourth-order valence-corrected chi connectivity index (χ4v) is 3.39. The SMILES string of the molecule is CCNc1nc(SCC(=O)Nc2cccc(C(=O)N(C)C)c2)nc2ccccc12. The molecule has 3 aromatic rings. The van der Waals surface area contributed by atoms with Crippen molar-refractivity contribution in [3.63, 3.8) is 0 Å². The van der Waals surface area contributed by atoms with Gasteiger partial charge in [0.15, 0.2) is 5.16 Å². The third-order valence-corrected chi connectivity index (χ3v) is 4.91. The highest BCUT2D eigenvalue weighted by atomic mass is 32.2. The normalized spacial score (nSPS) is 10.6. The van der Waals surface area contributed by atoms with E-state index in [0.29, 0.717) is 16.4 Å². The van der Waals surface area contributed by atoms with E-state index in [1.165, 1.54) is 16.7 Å². The molecule has 1 aromatic heterocycles. The summed E-state index contributed by atoms with van der Waals surface area (Å²) in [6.07, 6.45) is 0. The molecule has 7 nitrogen and oxygen atoms in total. The monoisotopic (exact) mass is 409 g/mol. The second-order valence-electron chi connectivity index (χ2n) is 6.52. The summed E-state index contributed by atoms with van der Waals surface area (Å²) < 4.78 is 0. The Morgan fingerprint density at radius 1 is 1.07 bits per heavy atom. The Hall–Kier alpha value is -3.13. The van der Waals surface area contributed by atoms with E-state index in [0.717, 1.165) is 23.3 Å². The second-order valence-corrected chi connectivity index (χ2v) is 7.46. The lowest BCUT2D eigenvalue weighted by Crippen LogP contribution is -2.22. The average Bonchev–Trinajstić information content (AvgIpc) is 2.72. The number of carbonyl (C=O) groups is 2. The number of benzene rings is 2. The molecule has 0 saturated heterocycles. The summed E-state index contributed by atoms with van der Waals surface area (Å²) in [7, 11) is 3.38. The van der Waals surface area contributed by atoms with Gasteiger partial charge in [0.25, 0.3) is 5.91 Å². The van der Waals surface area contributed by atoms with Gasteiger partial charge in [-0.05, 0) is 37.3 Å². The molecule has 0 spiro atoms. The molecular formula is C21H23N5O2S. The van der Waals surface area contributed by atoms with Gasteiger partial charge in [0.05, 0.1) is 11.3 Å². The quantitative estimate of drug-likeness (QED) is 0.459. The lowest BCUT2D eigenvalue weighted by atomic mass is 10.2. The van der Waals surface area contributed by atoms with Crippen LogP contribution >= 0.6 is 11.8 Å². The number of hydrogen-bond donors (Lipinski definition) is 2. The maximum absolute atomic E-state index is 12.4. The summed E-state index contributed by atoms with van der Waals surface area (Å²) in [5.74, 6) is 0.619. The Morgan fingerprint density at radius 3 is 2.62 bits per heavy atom. The number of anilines is 2. The van der Waals surface area contributed by atoms with Gasteiger partial charge in [-0.15, -0.1) is 0 Å². The predicted octanol–water partition coefficient (Wildman–Crippen LogP) is 3.49. The fraction of sp³-hybridized carbons (Fsp3) is 0.238. The Labute approximate surface area is 173 Å². The van der Waals surface area contributed by atoms with Crippen LogP contribution in [0.25, 0.3) is 10.9 Å². The first kappa shape index (κ1) is 20.6. The van der Waals surface area contributed by atoms with E-state index < -0.39 is 0 Å². The van der Waals surface area contributed by atoms with Gasteiger partial charge in [-0.2, -0.15) is 0 Å². The van der Waals surface area contributed by atoms with Gasteiger partial charge in [0.2, 0.25) is 5.91 Å². The molecular weight excluding hydrogens is 386 g/mol. The molecule has 0 fully saturated rings. The highest BCUT2D eigenvalue weighted by Crippen LogP contribution is 2.24. The minimum atomic E-state index is -0.189. The zero-order chi connectivity index (χ0) is 20.8. The largest absolute Gasteiger partial charge is 0.370 e. The Balaban J connectivity index is 1.68. The average molecular weight is 410 g/mol. The Kier molecular flexibility index (Phi) is 6.66. The van der Waals surface area contributed by atoms with Crippen molar-refractivity contribution >= 4 is 46.0 Å². The molecule has 2 amide bonds. The number of thioether (sulfide) groups is 1. The molecule has 150 valence electrons. The molecule has 0 aliphatic heterocycles. The number of hydrogen-bond acceptors (Lipinski definition) is 6. The van der Waals surface area contributed by atoms with Crippen LogP contribution in [-0.2, 0) is 4.79 Å². The van der Waals surface area contributed by atoms with E-state index in [2.05, 4.69) is 20.6 Å². The van der Waals surface area contributed by atoms with Gasteiger partial charge < -0.3 is 15.5 Å². The highest BCUT2D eigenvalue weighted by molar-refractivity contribution is 7.99. The molecule has 0 unspecified atom stereocenters. The summed E-state index contributed by atoms with van der Waals surface area (Å²) >= 11 is 1.27. The summed E-state index contributed by atoms with van der Waals surface area (Å²) in [6.45, 7) is 2.75. The summed E-state index contributed by atoms with van der Waals surface area (Å²) in [4.78, 5) is 35.0. The molecule has 3 rings (SSSR count). The molecule has 1 heterocycles. The Bertz CT molecular complexity index is 1040. The second kappa shape index (κ2) is 9.38. The first-order valence-corrected chi connectivity index (χ1v) is 10.2. The third kappa shape index (κ3) is 5.23. The lowest BCUT2D eigenvalue weighted by molar-refractivity contribution is -0.113. The molecule has 0 radical (unpaired) electrons. The van der Waals surface area contributed by atoms with E-state index in [-0.39, 0.29) is 17.6 Å². The van der Waals surface area contributed by atoms with Crippen molar-refractivity contribution in [1.82, 2.24) is 14.9 Å². The first-order chi connectivity index (χ1) is 14.0. The van der Waals surface area contributed by atoms with E-state index in [4.69, 9.17) is 0 Å². The van der Waals surface area contributed by atoms with E-state index in [1.807, 2.05) is 31.2 Å². The van der Waals surface area contributed by atoms with Gasteiger partial charge in [0.1, 0.15) is 5.82 Å². The van der Waals surface area contributed by atoms with Crippen molar-refractivity contribution in [3.05, 3.63) is 54.1 Å². The van der Waals surface area contributed by atoms with Gasteiger partial charge in [-0.1, -0.05) is 30.0 Å². The van der Waals surface area contributed by atoms with Crippen LogP contribution in [0.15, 0.2) is 53.7 Å². The van der Waals surface area contributed by atoms with Crippen molar-refractivity contribution in [3.8, 4) is 0 Å². The zero-order valence-electron chi connectivity index (χ0n) is 16.6. The van der Waals surface area contributed by atoms with Crippen LogP contribution in [0.3, 0.4) is 0 Å². The van der Waals surface area contributed by atoms with E-state index in [9.17, 15) is 9.59 Å². The van der Waals surface area contributed by atoms with Gasteiger partial charge in [0, 0.05) is 37.3 Å². The molecule has 0 saturated carbocycles. The van der Waals surface area contributed by atoms with Crippen molar-refractivity contribution in [2.24, 2.45) is 0 Å². The van der Waals surface area contributed by atoms with Gasteiger partial charge in [-0.3, -0.25) is 9.59 Å². The molecule has 29 heavy (non-hydrogen) atoms. The number of para-hydroxylation sites is 1. The Morgan fingerprint density at radius 2 is 1.86 bits per heavy atom. The van der Waals surface area contributed by atoms with Crippen LogP contribution in [0.4, 0.5) is 11.5 Å². The lowest BCUT2D eigenvalue weighted by Gasteiger charge is -2.12. The zero-order valence-corrected chi connectivity index (χ0v) is 17.4. The number of nitrogens with zero attached hydrogens (tertiary/aromatic N) is 3. The number of carbonyl (C=O) groups excluding carboxylic acids is 2. The van der Waals surface area contributed by atoms with E-state index in [1.54, 1.807) is 38.4 Å². The minimum absolute atomic E-state index is 0.115. The van der Waals surface area contributed by atoms with Crippen LogP contribution in [0.1, 0.15) is 17.3 Å². The maximum atomic E-state index is 12.4. The van der Waals surface area contributed by atoms with Crippen LogP contribution in [0.5, 0.6) is 0 Å². The fourth-order valence-electron chi connectivity index (χ4n) is 2.74. The topological polar surface area (TPSA) is 87.2 Å². The van der Waals surface area contributed by atoms with Crippen molar-refractivity contribution in [2.75, 3.05) is 37.0 Å². The molecule has 0 aliphatic rings. The minimum Gasteiger partial charge on any atom is -0.370 e. The highest BCUT2D eigenvalue weighted by Gasteiger charge is 2.12. The molecule has 0 bridgehead atoms. The van der Waals surface area contributed by atoms with Crippen molar-refractivity contribution in [2.45, 2.75) is 12.1 Å². The van der Waals surface area contributed by atoms with Crippen molar-refractivity contribution in [1.29, 1.82) is 0 Å². The third-order valence-electron chi connectivity index (χ3n) is 4.06. The van der Waals surface area contributed by atoms with Crippen LogP contribution in [0, 0.1) is 0 Å². The maximum Gasteiger partial charge on any atom is 0.253 e. The van der Waals surface area contributed by atoms with E-state index >= 15 is 0 Å². The van der Waals surface area contributed by atoms with Crippen LogP contribution in [0.2, 0.25) is 0 Å². The number of rotatable bonds is 7. The molecule has 2 aromatic carbocycles. The summed E-state index contributed by atoms with van der Waals surface area (Å²) in [6, 6.07) is 14.7.